The smallest absolute Gasteiger partial charge is 0.277 e. The van der Waals surface area contributed by atoms with Crippen LogP contribution in [0, 0.1) is 6.92 Å². The Balaban J connectivity index is 2.27. The second-order valence-electron chi connectivity index (χ2n) is 4.01. The van der Waals surface area contributed by atoms with Gasteiger partial charge in [-0.3, -0.25) is 4.79 Å². The lowest BCUT2D eigenvalue weighted by Gasteiger charge is -2.08. The average molecular weight is 259 g/mol. The number of nitrogens with one attached hydrogen (secondary N) is 1. The molecule has 1 heterocycles. The van der Waals surface area contributed by atoms with E-state index >= 15 is 0 Å². The van der Waals surface area contributed by atoms with Crippen LogP contribution in [0.5, 0.6) is 0 Å². The molecular weight excluding hydrogens is 246 g/mol. The van der Waals surface area contributed by atoms with Gasteiger partial charge < -0.3 is 15.0 Å². The Hall–Kier alpha value is -2.63. The summed E-state index contributed by atoms with van der Waals surface area (Å²) in [6.07, 6.45) is 0. The molecule has 98 valence electrons. The summed E-state index contributed by atoms with van der Waals surface area (Å²) in [5, 5.41) is 18.3. The number of aromatic nitrogens is 1. The molecule has 1 aromatic heterocycles. The van der Waals surface area contributed by atoms with Crippen molar-refractivity contribution in [3.05, 3.63) is 47.3 Å². The van der Waals surface area contributed by atoms with Crippen LogP contribution < -0.4 is 5.32 Å². The summed E-state index contributed by atoms with van der Waals surface area (Å²) in [6, 6.07) is 8.58. The van der Waals surface area contributed by atoms with Gasteiger partial charge in [-0.2, -0.15) is 0 Å². The molecule has 0 atom stereocenters. The third kappa shape index (κ3) is 2.79. The summed E-state index contributed by atoms with van der Waals surface area (Å²) in [5.41, 5.74) is 1.79. The number of nitrogens with zero attached hydrogens (tertiary/aromatic N) is 2. The maximum absolute atomic E-state index is 12.0. The molecule has 0 unspecified atom stereocenters. The van der Waals surface area contributed by atoms with E-state index in [2.05, 4.69) is 15.6 Å². The highest BCUT2D eigenvalue weighted by atomic mass is 16.5. The van der Waals surface area contributed by atoms with Gasteiger partial charge in [-0.15, -0.1) is 0 Å². The summed E-state index contributed by atoms with van der Waals surface area (Å²) in [7, 11) is 0. The number of benzene rings is 1. The van der Waals surface area contributed by atoms with E-state index in [-0.39, 0.29) is 11.6 Å². The number of amides is 1. The largest absolute Gasteiger partial charge is 0.411 e. The number of carbonyl (C=O) groups excluding carboxylic acids is 1. The van der Waals surface area contributed by atoms with Crippen molar-refractivity contribution in [3.63, 3.8) is 0 Å². The minimum Gasteiger partial charge on any atom is -0.411 e. The van der Waals surface area contributed by atoms with Crippen molar-refractivity contribution < 1.29 is 14.5 Å². The van der Waals surface area contributed by atoms with Crippen LogP contribution in [-0.4, -0.2) is 22.0 Å². The van der Waals surface area contributed by atoms with Crippen LogP contribution in [0.25, 0.3) is 0 Å². The average Bonchev–Trinajstić information content (AvgIpc) is 2.85. The minimum atomic E-state index is -0.380. The molecule has 2 N–H and O–H groups in total. The Morgan fingerprint density at radius 1 is 1.42 bits per heavy atom. The van der Waals surface area contributed by atoms with E-state index in [1.165, 1.54) is 0 Å². The molecule has 19 heavy (non-hydrogen) atoms. The van der Waals surface area contributed by atoms with Gasteiger partial charge >= 0.3 is 0 Å². The van der Waals surface area contributed by atoms with Gasteiger partial charge in [0.2, 0.25) is 0 Å². The first-order chi connectivity index (χ1) is 9.11. The number of hydrogen-bond donors (Lipinski definition) is 2. The molecule has 1 amide bonds. The predicted octanol–water partition coefficient (Wildman–Crippen LogP) is 2.43. The lowest BCUT2D eigenvalue weighted by molar-refractivity contribution is 0.101. The van der Waals surface area contributed by atoms with Crippen LogP contribution in [0.4, 0.5) is 5.69 Å². The summed E-state index contributed by atoms with van der Waals surface area (Å²) in [5.74, 6) is 0.182. The quantitative estimate of drug-likeness (QED) is 0.503. The van der Waals surface area contributed by atoms with Gasteiger partial charge in [0.25, 0.3) is 5.91 Å². The Morgan fingerprint density at radius 2 is 2.16 bits per heavy atom. The zero-order valence-corrected chi connectivity index (χ0v) is 10.5. The molecule has 0 spiro atoms. The van der Waals surface area contributed by atoms with Gasteiger partial charge in [-0.05, 0) is 19.9 Å². The van der Waals surface area contributed by atoms with Crippen LogP contribution in [0.2, 0.25) is 0 Å². The molecular formula is C13H13N3O3. The van der Waals surface area contributed by atoms with E-state index in [0.717, 1.165) is 0 Å². The van der Waals surface area contributed by atoms with Crippen LogP contribution in [-0.2, 0) is 0 Å². The maximum Gasteiger partial charge on any atom is 0.277 e. The van der Waals surface area contributed by atoms with Crippen molar-refractivity contribution in [1.29, 1.82) is 0 Å². The van der Waals surface area contributed by atoms with Gasteiger partial charge in [0.15, 0.2) is 5.69 Å². The molecule has 6 heteroatoms. The highest BCUT2D eigenvalue weighted by Gasteiger charge is 2.13. The fraction of sp³-hybridized carbons (Fsp3) is 0.154. The first-order valence-corrected chi connectivity index (χ1v) is 5.64. The molecule has 0 bridgehead atoms. The highest BCUT2D eigenvalue weighted by molar-refractivity contribution is 6.09. The fourth-order valence-corrected chi connectivity index (χ4v) is 1.62. The molecule has 0 aliphatic rings. The van der Waals surface area contributed by atoms with Gasteiger partial charge in [-0.1, -0.05) is 28.5 Å². The third-order valence-corrected chi connectivity index (χ3v) is 2.58. The molecule has 2 rings (SSSR count). The van der Waals surface area contributed by atoms with E-state index in [9.17, 15) is 4.79 Å². The Labute approximate surface area is 109 Å². The van der Waals surface area contributed by atoms with Crippen molar-refractivity contribution in [2.75, 3.05) is 5.32 Å². The summed E-state index contributed by atoms with van der Waals surface area (Å²) in [4.78, 5) is 12.0. The molecule has 0 radical (unpaired) electrons. The zero-order valence-electron chi connectivity index (χ0n) is 10.5. The SMILES string of the molecule is CC(=NO)c1ccccc1NC(=O)c1cc(C)on1. The van der Waals surface area contributed by atoms with Crippen molar-refractivity contribution in [2.24, 2.45) is 5.16 Å². The summed E-state index contributed by atoms with van der Waals surface area (Å²) >= 11 is 0. The van der Waals surface area contributed by atoms with Crippen LogP contribution >= 0.6 is 0 Å². The lowest BCUT2D eigenvalue weighted by atomic mass is 10.1. The zero-order chi connectivity index (χ0) is 13.8. The van der Waals surface area contributed by atoms with E-state index < -0.39 is 0 Å². The number of oxime groups is 1. The number of para-hydroxylation sites is 1. The molecule has 6 nitrogen and oxygen atoms in total. The Morgan fingerprint density at radius 3 is 2.79 bits per heavy atom. The minimum absolute atomic E-state index is 0.200. The molecule has 0 aliphatic heterocycles. The third-order valence-electron chi connectivity index (χ3n) is 2.58. The highest BCUT2D eigenvalue weighted by Crippen LogP contribution is 2.17. The predicted molar refractivity (Wildman–Crippen MR) is 69.6 cm³/mol. The second kappa shape index (κ2) is 5.34. The number of aryl methyl sites for hydroxylation is 1. The Bertz CT molecular complexity index is 632. The number of carbonyl (C=O) groups is 1. The van der Waals surface area contributed by atoms with Gasteiger partial charge in [-0.25, -0.2) is 0 Å². The second-order valence-corrected chi connectivity index (χ2v) is 4.01. The van der Waals surface area contributed by atoms with Crippen LogP contribution in [0.15, 0.2) is 40.0 Å². The first kappa shape index (κ1) is 12.8. The van der Waals surface area contributed by atoms with E-state index in [1.54, 1.807) is 44.2 Å². The van der Waals surface area contributed by atoms with E-state index in [1.807, 2.05) is 0 Å². The molecule has 0 fully saturated rings. The van der Waals surface area contributed by atoms with Crippen molar-refractivity contribution in [3.8, 4) is 0 Å². The molecule has 0 saturated carbocycles. The van der Waals surface area contributed by atoms with Crippen molar-refractivity contribution in [2.45, 2.75) is 13.8 Å². The lowest BCUT2D eigenvalue weighted by Crippen LogP contribution is -2.14. The van der Waals surface area contributed by atoms with E-state index in [0.29, 0.717) is 22.7 Å². The Kier molecular flexibility index (Phi) is 3.61. The van der Waals surface area contributed by atoms with Gasteiger partial charge in [0.1, 0.15) is 5.76 Å². The molecule has 1 aromatic carbocycles. The van der Waals surface area contributed by atoms with Crippen molar-refractivity contribution in [1.82, 2.24) is 5.16 Å². The number of anilines is 1. The van der Waals surface area contributed by atoms with Gasteiger partial charge in [0.05, 0.1) is 11.4 Å². The van der Waals surface area contributed by atoms with Crippen LogP contribution in [0.1, 0.15) is 28.7 Å². The van der Waals surface area contributed by atoms with Crippen molar-refractivity contribution >= 4 is 17.3 Å². The summed E-state index contributed by atoms with van der Waals surface area (Å²) < 4.78 is 4.85. The molecule has 0 saturated heterocycles. The maximum atomic E-state index is 12.0. The molecule has 0 aliphatic carbocycles. The fourth-order valence-electron chi connectivity index (χ4n) is 1.62. The van der Waals surface area contributed by atoms with E-state index in [4.69, 9.17) is 9.73 Å². The summed E-state index contributed by atoms with van der Waals surface area (Å²) in [6.45, 7) is 3.35. The monoisotopic (exact) mass is 259 g/mol. The topological polar surface area (TPSA) is 87.7 Å². The molecule has 2 aromatic rings. The number of rotatable bonds is 3. The van der Waals surface area contributed by atoms with Crippen LogP contribution in [0.3, 0.4) is 0 Å². The number of hydrogen-bond acceptors (Lipinski definition) is 5. The first-order valence-electron chi connectivity index (χ1n) is 5.64. The van der Waals surface area contributed by atoms with Gasteiger partial charge in [0, 0.05) is 11.6 Å². The normalized spacial score (nSPS) is 11.4. The standard InChI is InChI=1S/C13H13N3O3/c1-8-7-12(16-19-8)13(17)14-11-6-4-3-5-10(11)9(2)15-18/h3-7,18H,1-2H3,(H,14,17).